The Morgan fingerprint density at radius 3 is 0.980 bits per heavy atom. The average molecular weight is 735 g/mol. The van der Waals surface area contributed by atoms with Crippen LogP contribution >= 0.6 is 0 Å². The quantitative estimate of drug-likeness (QED) is 0.0511. The van der Waals surface area contributed by atoms with E-state index >= 15 is 0 Å². The van der Waals surface area contributed by atoms with Crippen molar-refractivity contribution >= 4 is 10.1 Å². The molecule has 0 atom stereocenters. The van der Waals surface area contributed by atoms with E-state index < -0.39 is 10.1 Å². The van der Waals surface area contributed by atoms with E-state index in [4.69, 9.17) is 42.1 Å². The fraction of sp³-hybridized carbons (Fsp3) is 0.842. The van der Waals surface area contributed by atoms with Crippen molar-refractivity contribution < 1.29 is 50.5 Å². The standard InChI is InChI=1S/C38H70O11S/c1-2-3-4-5-6-7-8-9-10-11-12-13-14-18-21-41-22-23-42-24-25-43-26-27-44-28-29-45-30-31-46-32-33-47-34-35-48-36-37-49-50(39,40)38-19-16-15-17-20-38/h15-17,19-20H,2-14,18,21-37H2,1H3. The second-order valence-corrected chi connectivity index (χ2v) is 13.7. The first-order valence-electron chi connectivity index (χ1n) is 19.2. The first-order valence-corrected chi connectivity index (χ1v) is 20.6. The smallest absolute Gasteiger partial charge is 0.297 e. The second kappa shape index (κ2) is 37.6. The Kier molecular flexibility index (Phi) is 35.2. The first kappa shape index (κ1) is 46.8. The molecule has 0 amide bonds. The van der Waals surface area contributed by atoms with Crippen molar-refractivity contribution in [2.45, 2.75) is 102 Å². The van der Waals surface area contributed by atoms with Crippen LogP contribution in [0, 0.1) is 0 Å². The zero-order chi connectivity index (χ0) is 35.9. The van der Waals surface area contributed by atoms with Gasteiger partial charge < -0.3 is 37.9 Å². The van der Waals surface area contributed by atoms with Crippen molar-refractivity contribution in [2.24, 2.45) is 0 Å². The summed E-state index contributed by atoms with van der Waals surface area (Å²) in [5.41, 5.74) is 0. The molecule has 1 aromatic carbocycles. The molecule has 0 aliphatic rings. The normalized spacial score (nSPS) is 11.9. The van der Waals surface area contributed by atoms with Gasteiger partial charge in [-0.2, -0.15) is 8.42 Å². The van der Waals surface area contributed by atoms with Crippen LogP contribution in [0.15, 0.2) is 35.2 Å². The Morgan fingerprint density at radius 1 is 0.360 bits per heavy atom. The fourth-order valence-corrected chi connectivity index (χ4v) is 5.81. The van der Waals surface area contributed by atoms with Crippen LogP contribution in [0.1, 0.15) is 96.8 Å². The van der Waals surface area contributed by atoms with E-state index in [0.717, 1.165) is 13.0 Å². The van der Waals surface area contributed by atoms with Crippen LogP contribution < -0.4 is 0 Å². The molecule has 50 heavy (non-hydrogen) atoms. The van der Waals surface area contributed by atoms with Crippen LogP contribution in [0.2, 0.25) is 0 Å². The minimum Gasteiger partial charge on any atom is -0.379 e. The molecular weight excluding hydrogens is 664 g/mol. The summed E-state index contributed by atoms with van der Waals surface area (Å²) < 4.78 is 72.9. The maximum Gasteiger partial charge on any atom is 0.297 e. The van der Waals surface area contributed by atoms with E-state index in [1.807, 2.05) is 0 Å². The average Bonchev–Trinajstić information content (AvgIpc) is 3.13. The number of rotatable bonds is 41. The molecule has 0 N–H and O–H groups in total. The summed E-state index contributed by atoms with van der Waals surface area (Å²) in [6, 6.07) is 8.01. The molecule has 0 spiro atoms. The van der Waals surface area contributed by atoms with Crippen molar-refractivity contribution in [2.75, 3.05) is 112 Å². The van der Waals surface area contributed by atoms with Gasteiger partial charge in [0.05, 0.1) is 111 Å². The third kappa shape index (κ3) is 32.7. The minimum atomic E-state index is -3.75. The van der Waals surface area contributed by atoms with Crippen molar-refractivity contribution in [3.63, 3.8) is 0 Å². The Bertz CT molecular complexity index is 905. The van der Waals surface area contributed by atoms with Crippen molar-refractivity contribution in [3.05, 3.63) is 30.3 Å². The molecule has 0 saturated carbocycles. The van der Waals surface area contributed by atoms with Gasteiger partial charge in [0.25, 0.3) is 10.1 Å². The molecule has 0 unspecified atom stereocenters. The van der Waals surface area contributed by atoms with Gasteiger partial charge in [-0.15, -0.1) is 0 Å². The van der Waals surface area contributed by atoms with E-state index in [1.54, 1.807) is 18.2 Å². The largest absolute Gasteiger partial charge is 0.379 e. The maximum absolute atomic E-state index is 12.0. The Hall–Kier alpha value is -1.19. The summed E-state index contributed by atoms with van der Waals surface area (Å²) in [6.07, 6.45) is 19.2. The maximum atomic E-state index is 12.0. The van der Waals surface area contributed by atoms with Gasteiger partial charge in [-0.25, -0.2) is 0 Å². The van der Waals surface area contributed by atoms with Gasteiger partial charge in [-0.05, 0) is 18.6 Å². The Labute approximate surface area is 304 Å². The van der Waals surface area contributed by atoms with Gasteiger partial charge >= 0.3 is 0 Å². The lowest BCUT2D eigenvalue weighted by Crippen LogP contribution is -2.15. The monoisotopic (exact) mass is 734 g/mol. The molecular formula is C38H70O11S. The highest BCUT2D eigenvalue weighted by Gasteiger charge is 2.13. The van der Waals surface area contributed by atoms with E-state index in [-0.39, 0.29) is 18.1 Å². The highest BCUT2D eigenvalue weighted by Crippen LogP contribution is 2.13. The highest BCUT2D eigenvalue weighted by atomic mass is 32.2. The Morgan fingerprint density at radius 2 is 0.640 bits per heavy atom. The number of ether oxygens (including phenoxy) is 8. The number of hydrogen-bond donors (Lipinski definition) is 0. The van der Waals surface area contributed by atoms with Crippen LogP contribution in [0.3, 0.4) is 0 Å². The van der Waals surface area contributed by atoms with E-state index in [2.05, 4.69) is 6.92 Å². The summed E-state index contributed by atoms with van der Waals surface area (Å²) in [4.78, 5) is 0.127. The molecule has 294 valence electrons. The lowest BCUT2D eigenvalue weighted by atomic mass is 10.0. The predicted molar refractivity (Wildman–Crippen MR) is 196 cm³/mol. The molecule has 0 heterocycles. The van der Waals surface area contributed by atoms with E-state index in [9.17, 15) is 8.42 Å². The van der Waals surface area contributed by atoms with Crippen molar-refractivity contribution in [1.29, 1.82) is 0 Å². The van der Waals surface area contributed by atoms with Gasteiger partial charge in [0.1, 0.15) is 0 Å². The van der Waals surface area contributed by atoms with Crippen molar-refractivity contribution in [1.82, 2.24) is 0 Å². The van der Waals surface area contributed by atoms with E-state index in [1.165, 1.54) is 95.6 Å². The summed E-state index contributed by atoms with van der Waals surface area (Å²) in [5, 5.41) is 0. The topological polar surface area (TPSA) is 117 Å². The molecule has 11 nitrogen and oxygen atoms in total. The lowest BCUT2D eigenvalue weighted by molar-refractivity contribution is -0.0236. The van der Waals surface area contributed by atoms with Crippen LogP contribution in [0.25, 0.3) is 0 Å². The molecule has 0 fully saturated rings. The molecule has 0 aliphatic carbocycles. The zero-order valence-corrected chi connectivity index (χ0v) is 32.0. The molecule has 0 aromatic heterocycles. The first-order chi connectivity index (χ1) is 24.7. The van der Waals surface area contributed by atoms with Crippen molar-refractivity contribution in [3.8, 4) is 0 Å². The number of hydrogen-bond acceptors (Lipinski definition) is 11. The van der Waals surface area contributed by atoms with Crippen LogP contribution in [0.4, 0.5) is 0 Å². The fourth-order valence-electron chi connectivity index (χ4n) is 4.90. The number of benzene rings is 1. The minimum absolute atomic E-state index is 0.0508. The van der Waals surface area contributed by atoms with Gasteiger partial charge in [-0.1, -0.05) is 109 Å². The van der Waals surface area contributed by atoms with Crippen LogP contribution in [-0.2, 0) is 52.2 Å². The van der Waals surface area contributed by atoms with Crippen LogP contribution in [-0.4, -0.2) is 121 Å². The summed E-state index contributed by atoms with van der Waals surface area (Å²) >= 11 is 0. The zero-order valence-electron chi connectivity index (χ0n) is 31.2. The SMILES string of the molecule is CCCCCCCCCCCCCCCCOCCOCCOCCOCCOCCOCCOCCOCCOS(=O)(=O)c1ccccc1. The van der Waals surface area contributed by atoms with Gasteiger partial charge in [0, 0.05) is 6.61 Å². The predicted octanol–water partition coefficient (Wildman–Crippen LogP) is 7.01. The molecule has 12 heteroatoms. The Balaban J connectivity index is 1.64. The van der Waals surface area contributed by atoms with Gasteiger partial charge in [-0.3, -0.25) is 4.18 Å². The molecule has 0 saturated heterocycles. The molecule has 0 bridgehead atoms. The lowest BCUT2D eigenvalue weighted by Gasteiger charge is -2.09. The van der Waals surface area contributed by atoms with Gasteiger partial charge in [0.15, 0.2) is 0 Å². The third-order valence-electron chi connectivity index (χ3n) is 7.74. The molecule has 0 radical (unpaired) electrons. The van der Waals surface area contributed by atoms with E-state index in [0.29, 0.717) is 92.5 Å². The number of unbranched alkanes of at least 4 members (excludes halogenated alkanes) is 13. The van der Waals surface area contributed by atoms with Gasteiger partial charge in [0.2, 0.25) is 0 Å². The second-order valence-electron chi connectivity index (χ2n) is 12.1. The highest BCUT2D eigenvalue weighted by molar-refractivity contribution is 7.86. The molecule has 1 rings (SSSR count). The third-order valence-corrected chi connectivity index (χ3v) is 9.07. The summed E-state index contributed by atoms with van der Waals surface area (Å²) in [6.45, 7) is 10.2. The van der Waals surface area contributed by atoms with Crippen LogP contribution in [0.5, 0.6) is 0 Å². The summed E-state index contributed by atoms with van der Waals surface area (Å²) in [7, 11) is -3.75. The molecule has 0 aliphatic heterocycles. The molecule has 1 aromatic rings. The summed E-state index contributed by atoms with van der Waals surface area (Å²) in [5.74, 6) is 0.